The number of anilines is 1. The van der Waals surface area contributed by atoms with E-state index in [1.54, 1.807) is 6.20 Å². The number of aromatic nitrogens is 2. The number of aryl methyl sites for hydroxylation is 1. The normalized spacial score (nSPS) is 15.4. The van der Waals surface area contributed by atoms with Gasteiger partial charge in [0.05, 0.1) is 11.7 Å². The highest BCUT2D eigenvalue weighted by atomic mass is 16.7. The Bertz CT molecular complexity index is 1360. The summed E-state index contributed by atoms with van der Waals surface area (Å²) in [6.07, 6.45) is 7.05. The average molecular weight is 567 g/mol. The summed E-state index contributed by atoms with van der Waals surface area (Å²) in [5.74, 6) is 2.18. The number of nitrogens with one attached hydrogen (secondary N) is 1. The molecular formula is C31H42N4O6. The summed E-state index contributed by atoms with van der Waals surface area (Å²) in [4.78, 5) is 35.8. The Hall–Kier alpha value is -3.95. The lowest BCUT2D eigenvalue weighted by molar-refractivity contribution is -0.114. The molecule has 10 nitrogen and oxygen atoms in total. The van der Waals surface area contributed by atoms with Crippen molar-refractivity contribution in [3.63, 3.8) is 0 Å². The molecule has 41 heavy (non-hydrogen) atoms. The van der Waals surface area contributed by atoms with Crippen LogP contribution in [0, 0.1) is 17.7 Å². The Kier molecular flexibility index (Phi) is 10.5. The second-order valence-electron chi connectivity index (χ2n) is 11.6. The van der Waals surface area contributed by atoms with Crippen molar-refractivity contribution in [3.05, 3.63) is 53.1 Å². The van der Waals surface area contributed by atoms with Crippen LogP contribution >= 0.6 is 0 Å². The summed E-state index contributed by atoms with van der Waals surface area (Å²) in [5.41, 5.74) is 2.76. The minimum Gasteiger partial charge on any atom is -0.488 e. The molecule has 0 bridgehead atoms. The molecule has 0 spiro atoms. The van der Waals surface area contributed by atoms with E-state index in [0.29, 0.717) is 12.5 Å². The molecule has 0 unspecified atom stereocenters. The number of nitrogens with zero attached hydrogens (tertiary/aromatic N) is 3. The largest absolute Gasteiger partial charge is 0.488 e. The minimum atomic E-state index is -0.0807. The molecule has 5 rings (SSSR count). The van der Waals surface area contributed by atoms with Gasteiger partial charge in [-0.25, -0.2) is 4.68 Å². The van der Waals surface area contributed by atoms with Crippen LogP contribution in [-0.2, 0) is 9.63 Å². The van der Waals surface area contributed by atoms with Gasteiger partial charge in [0.25, 0.3) is 0 Å². The van der Waals surface area contributed by atoms with Crippen molar-refractivity contribution < 1.29 is 23.9 Å². The van der Waals surface area contributed by atoms with Gasteiger partial charge in [0.2, 0.25) is 11.8 Å². The lowest BCUT2D eigenvalue weighted by Gasteiger charge is -2.14. The first-order chi connectivity index (χ1) is 19.3. The molecule has 2 fully saturated rings. The summed E-state index contributed by atoms with van der Waals surface area (Å²) in [5, 5.41) is 10.0. The SMILES string of the molecule is CC(=O)Nc1ccc(OC2(C)CC2)cc1C.CC(=O)n1ncc2cc(OC3(C)CC3)ccc21.CC(C)CCON=O. The maximum atomic E-state index is 11.3. The van der Waals surface area contributed by atoms with Gasteiger partial charge in [0, 0.05) is 24.9 Å². The number of amides is 1. The number of hydrogen-bond donors (Lipinski definition) is 1. The Balaban J connectivity index is 0.000000181. The van der Waals surface area contributed by atoms with Crippen LogP contribution in [0.2, 0.25) is 0 Å². The Labute approximate surface area is 241 Å². The van der Waals surface area contributed by atoms with Crippen LogP contribution in [0.1, 0.15) is 84.0 Å². The van der Waals surface area contributed by atoms with Crippen LogP contribution < -0.4 is 14.8 Å². The van der Waals surface area contributed by atoms with Crippen LogP contribution in [0.25, 0.3) is 10.9 Å². The summed E-state index contributed by atoms with van der Waals surface area (Å²) in [6.45, 7) is 13.8. The van der Waals surface area contributed by atoms with Crippen molar-refractivity contribution in [1.29, 1.82) is 0 Å². The zero-order valence-corrected chi connectivity index (χ0v) is 25.2. The highest BCUT2D eigenvalue weighted by molar-refractivity contribution is 5.90. The average Bonchev–Trinajstić information content (AvgIpc) is 3.76. The van der Waals surface area contributed by atoms with Gasteiger partial charge in [0.15, 0.2) is 5.34 Å². The molecule has 1 N–H and O–H groups in total. The van der Waals surface area contributed by atoms with E-state index in [1.807, 2.05) is 43.3 Å². The molecule has 1 amide bonds. The van der Waals surface area contributed by atoms with Gasteiger partial charge in [-0.3, -0.25) is 9.59 Å². The van der Waals surface area contributed by atoms with Crippen LogP contribution in [0.4, 0.5) is 5.69 Å². The first kappa shape index (κ1) is 31.6. The van der Waals surface area contributed by atoms with Crippen molar-refractivity contribution in [2.75, 3.05) is 11.9 Å². The first-order valence-corrected chi connectivity index (χ1v) is 14.0. The van der Waals surface area contributed by atoms with Crippen LogP contribution in [-0.4, -0.2) is 39.4 Å². The minimum absolute atomic E-state index is 0.0181. The van der Waals surface area contributed by atoms with E-state index >= 15 is 0 Å². The number of carbonyl (C=O) groups is 2. The molecule has 222 valence electrons. The van der Waals surface area contributed by atoms with Gasteiger partial charge in [-0.05, 0) is 101 Å². The molecule has 2 saturated carbocycles. The molecule has 0 radical (unpaired) electrons. The molecule has 1 aromatic heterocycles. The highest BCUT2D eigenvalue weighted by Crippen LogP contribution is 2.41. The van der Waals surface area contributed by atoms with Crippen LogP contribution in [0.5, 0.6) is 11.5 Å². The molecule has 2 aliphatic carbocycles. The number of benzene rings is 2. The van der Waals surface area contributed by atoms with Crippen molar-refractivity contribution in [2.45, 2.75) is 91.8 Å². The molecular weight excluding hydrogens is 524 g/mol. The number of hydrogen-bond acceptors (Lipinski definition) is 8. The fraction of sp³-hybridized carbons (Fsp3) is 0.516. The molecule has 2 aliphatic rings. The van der Waals surface area contributed by atoms with E-state index in [-0.39, 0.29) is 23.0 Å². The zero-order chi connectivity index (χ0) is 30.2. The fourth-order valence-corrected chi connectivity index (χ4v) is 3.81. The van der Waals surface area contributed by atoms with E-state index < -0.39 is 0 Å². The molecule has 0 aliphatic heterocycles. The summed E-state index contributed by atoms with van der Waals surface area (Å²) in [7, 11) is 0. The number of rotatable bonds is 9. The molecule has 2 aromatic carbocycles. The maximum absolute atomic E-state index is 11.3. The number of ether oxygens (including phenoxy) is 2. The third-order valence-electron chi connectivity index (χ3n) is 6.82. The van der Waals surface area contributed by atoms with Gasteiger partial charge in [-0.1, -0.05) is 13.8 Å². The van der Waals surface area contributed by atoms with Crippen molar-refractivity contribution in [1.82, 2.24) is 9.78 Å². The third kappa shape index (κ3) is 10.2. The van der Waals surface area contributed by atoms with E-state index in [4.69, 9.17) is 9.47 Å². The zero-order valence-electron chi connectivity index (χ0n) is 25.2. The van der Waals surface area contributed by atoms with Gasteiger partial charge in [-0.2, -0.15) is 5.10 Å². The summed E-state index contributed by atoms with van der Waals surface area (Å²) >= 11 is 0. The molecule has 3 aromatic rings. The lowest BCUT2D eigenvalue weighted by atomic mass is 10.1. The second kappa shape index (κ2) is 13.6. The fourth-order valence-electron chi connectivity index (χ4n) is 3.81. The smallest absolute Gasteiger partial charge is 0.244 e. The van der Waals surface area contributed by atoms with E-state index in [0.717, 1.165) is 65.8 Å². The lowest BCUT2D eigenvalue weighted by Crippen LogP contribution is -2.12. The molecule has 10 heteroatoms. The van der Waals surface area contributed by atoms with E-state index in [9.17, 15) is 14.5 Å². The topological polar surface area (TPSA) is 121 Å². The van der Waals surface area contributed by atoms with Gasteiger partial charge >= 0.3 is 0 Å². The van der Waals surface area contributed by atoms with Crippen molar-refractivity contribution >= 4 is 28.4 Å². The Morgan fingerprint density at radius 1 is 1.00 bits per heavy atom. The standard InChI is InChI=1S/C13H14N2O2.C13H17NO2.C5H11NO2/c1-9(16)15-12-4-3-11(7-10(12)8-14-15)17-13(2)5-6-13;1-9-8-11(16-13(3)6-7-13)4-5-12(9)14-10(2)15;1-5(2)3-4-8-6-7/h3-4,7-8H,5-6H2,1-2H3;4-5,8H,6-7H2,1-3H3,(H,14,15);5H,3-4H2,1-2H3. The predicted molar refractivity (Wildman–Crippen MR) is 159 cm³/mol. The van der Waals surface area contributed by atoms with E-state index in [1.165, 1.54) is 18.5 Å². The van der Waals surface area contributed by atoms with E-state index in [2.05, 4.69) is 48.3 Å². The van der Waals surface area contributed by atoms with Gasteiger partial charge in [0.1, 0.15) is 29.3 Å². The number of carbonyl (C=O) groups excluding carboxylic acids is 2. The second-order valence-corrected chi connectivity index (χ2v) is 11.6. The van der Waals surface area contributed by atoms with Gasteiger partial charge in [-0.15, -0.1) is 4.91 Å². The highest BCUT2D eigenvalue weighted by Gasteiger charge is 2.40. The molecule has 1 heterocycles. The van der Waals surface area contributed by atoms with Crippen LogP contribution in [0.3, 0.4) is 0 Å². The Morgan fingerprint density at radius 2 is 1.59 bits per heavy atom. The molecule has 0 atom stereocenters. The monoisotopic (exact) mass is 566 g/mol. The number of fused-ring (bicyclic) bond motifs is 1. The van der Waals surface area contributed by atoms with Crippen molar-refractivity contribution in [2.24, 2.45) is 11.3 Å². The predicted octanol–water partition coefficient (Wildman–Crippen LogP) is 7.24. The summed E-state index contributed by atoms with van der Waals surface area (Å²) in [6, 6.07) is 11.5. The van der Waals surface area contributed by atoms with Crippen LogP contribution in [0.15, 0.2) is 47.9 Å². The van der Waals surface area contributed by atoms with Crippen molar-refractivity contribution in [3.8, 4) is 11.5 Å². The maximum Gasteiger partial charge on any atom is 0.244 e. The quantitative estimate of drug-likeness (QED) is 0.165. The first-order valence-electron chi connectivity index (χ1n) is 14.0. The van der Waals surface area contributed by atoms with Gasteiger partial charge < -0.3 is 19.6 Å². The molecule has 0 saturated heterocycles. The third-order valence-corrected chi connectivity index (χ3v) is 6.82. The summed E-state index contributed by atoms with van der Waals surface area (Å²) < 4.78 is 13.1. The Morgan fingerprint density at radius 3 is 2.07 bits per heavy atom.